The molecular weight excluding hydrogens is 1060 g/mol. The Kier molecular flexibility index (Phi) is 21.2. The Morgan fingerprint density at radius 1 is 0.987 bits per heavy atom. The summed E-state index contributed by atoms with van der Waals surface area (Å²) in [6.45, 7) is 17.5. The topological polar surface area (TPSA) is 231 Å². The molecule has 0 aliphatic carbocycles. The van der Waals surface area contributed by atoms with E-state index in [1.165, 1.54) is 52.9 Å². The van der Waals surface area contributed by atoms with Gasteiger partial charge >= 0.3 is 5.76 Å². The molecule has 1 fully saturated rings. The second kappa shape index (κ2) is 27.5. The van der Waals surface area contributed by atoms with E-state index in [4.69, 9.17) is 20.3 Å². The summed E-state index contributed by atoms with van der Waals surface area (Å²) >= 11 is 1.64. The minimum absolute atomic E-state index is 0.0612. The molecule has 8 rings (SSSR count). The van der Waals surface area contributed by atoms with E-state index < -0.39 is 39.2 Å². The molecule has 3 aromatic carbocycles. The lowest BCUT2D eigenvalue weighted by molar-refractivity contribution is -0.141. The standard InChI is InChI=1S/C42H52F3N9O6S.C12H12N2OS.C2H6/c1-25-10-9-18-54(25)40(56)38(42(3,4)5)49-34(55)24-59-19-8-7-17-53-23-29(21-48-53)31-22-47-39(46)35-36(50-52(6)37(31)35)28-13-16-32(51-61(57,58)41(44)45)33(20-28)60-26(2)27-11-14-30(43)15-12-27;1-9-12(16-8-14-9)11-4-2-10(3-5-11)6-13-7-15;1-2/h11-16,20-23,25-26,38,41,51H,7-10,17-19,24H2,1-6H3,(H2,46,47)(H,49,55);2-5,7-8H,6H2,1H3,(H,13,15);1-2H3. The molecule has 1 aliphatic heterocycles. The largest absolute Gasteiger partial charge is 0.484 e. The molecule has 3 unspecified atom stereocenters. The summed E-state index contributed by atoms with van der Waals surface area (Å²) in [6.07, 6.45) is 8.43. The predicted octanol–water partition coefficient (Wildman–Crippen LogP) is 10.1. The lowest BCUT2D eigenvalue weighted by Crippen LogP contribution is -2.56. The highest BCUT2D eigenvalue weighted by atomic mass is 32.2. The molecule has 7 aromatic rings. The number of halogens is 3. The molecule has 0 radical (unpaired) electrons. The van der Waals surface area contributed by atoms with E-state index in [0.29, 0.717) is 78.8 Å². The summed E-state index contributed by atoms with van der Waals surface area (Å²) in [7, 11) is -3.33. The third kappa shape index (κ3) is 15.7. The van der Waals surface area contributed by atoms with Crippen LogP contribution >= 0.6 is 11.3 Å². The number of hydrogen-bond donors (Lipinski definition) is 4. The second-order valence-corrected chi connectivity index (χ2v) is 22.3. The lowest BCUT2D eigenvalue weighted by Gasteiger charge is -2.35. The number of hydrogen-bond acceptors (Lipinski definition) is 13. The van der Waals surface area contributed by atoms with Crippen molar-refractivity contribution in [1.29, 1.82) is 0 Å². The first kappa shape index (κ1) is 60.9. The first-order chi connectivity index (χ1) is 37.6. The molecular formula is C56H70F3N11O7S2. The minimum atomic E-state index is -5.06. The average molecular weight is 1130 g/mol. The lowest BCUT2D eigenvalue weighted by atomic mass is 9.85. The number of anilines is 2. The van der Waals surface area contributed by atoms with Crippen molar-refractivity contribution in [2.24, 2.45) is 12.5 Å². The van der Waals surface area contributed by atoms with Crippen LogP contribution in [0.5, 0.6) is 5.75 Å². The maximum absolute atomic E-state index is 13.6. The van der Waals surface area contributed by atoms with Crippen molar-refractivity contribution < 1.29 is 45.4 Å². The molecule has 0 spiro atoms. The van der Waals surface area contributed by atoms with E-state index in [2.05, 4.69) is 37.8 Å². The number of ether oxygens (including phenoxy) is 2. The number of pyridine rings is 1. The number of rotatable bonds is 21. The fourth-order valence-electron chi connectivity index (χ4n) is 8.85. The third-order valence-corrected chi connectivity index (χ3v) is 14.9. The quantitative estimate of drug-likeness (QED) is 0.0389. The van der Waals surface area contributed by atoms with E-state index in [1.807, 2.05) is 81.9 Å². The number of sulfonamides is 1. The van der Waals surface area contributed by atoms with E-state index >= 15 is 0 Å². The fraction of sp³-hybridized carbons (Fsp3) is 0.411. The zero-order valence-corrected chi connectivity index (χ0v) is 47.6. The van der Waals surface area contributed by atoms with Crippen LogP contribution in [0.15, 0.2) is 90.8 Å². The predicted molar refractivity (Wildman–Crippen MR) is 302 cm³/mol. The van der Waals surface area contributed by atoms with Gasteiger partial charge in [0.05, 0.1) is 38.9 Å². The number of alkyl halides is 2. The Morgan fingerprint density at radius 2 is 1.70 bits per heavy atom. The molecule has 5 heterocycles. The van der Waals surface area contributed by atoms with Gasteiger partial charge in [-0.25, -0.2) is 22.8 Å². The first-order valence-corrected chi connectivity index (χ1v) is 28.4. The van der Waals surface area contributed by atoms with Gasteiger partial charge in [-0.2, -0.15) is 19.0 Å². The van der Waals surface area contributed by atoms with Gasteiger partial charge in [0.1, 0.15) is 41.8 Å². The fourth-order valence-corrected chi connectivity index (χ4v) is 10.2. The van der Waals surface area contributed by atoms with E-state index in [-0.39, 0.29) is 41.7 Å². The minimum Gasteiger partial charge on any atom is -0.484 e. The number of nitrogen functional groups attached to an aromatic ring is 1. The van der Waals surface area contributed by atoms with Gasteiger partial charge in [-0.05, 0) is 92.8 Å². The van der Waals surface area contributed by atoms with Crippen LogP contribution in [0.4, 0.5) is 24.7 Å². The summed E-state index contributed by atoms with van der Waals surface area (Å²) in [4.78, 5) is 48.0. The molecule has 0 bridgehead atoms. The molecule has 18 nitrogen and oxygen atoms in total. The Balaban J connectivity index is 0.000000474. The number of unbranched alkanes of at least 4 members (excludes halogenated alkanes) is 1. The maximum Gasteiger partial charge on any atom is 0.355 e. The first-order valence-electron chi connectivity index (χ1n) is 26.0. The Bertz CT molecular complexity index is 3270. The van der Waals surface area contributed by atoms with Crippen molar-refractivity contribution in [2.45, 2.75) is 118 Å². The van der Waals surface area contributed by atoms with Gasteiger partial charge in [0.15, 0.2) is 0 Å². The number of benzene rings is 3. The molecule has 79 heavy (non-hydrogen) atoms. The molecule has 4 aromatic heterocycles. The molecule has 1 aliphatic rings. The van der Waals surface area contributed by atoms with Crippen LogP contribution in [0.2, 0.25) is 0 Å². The van der Waals surface area contributed by atoms with Gasteiger partial charge in [-0.3, -0.25) is 28.5 Å². The van der Waals surface area contributed by atoms with Crippen molar-refractivity contribution in [3.63, 3.8) is 0 Å². The number of aryl methyl sites for hydroxylation is 3. The summed E-state index contributed by atoms with van der Waals surface area (Å²) in [6, 6.07) is 17.4. The number of carbonyl (C=O) groups excluding carboxylic acids is 3. The van der Waals surface area contributed by atoms with Crippen LogP contribution in [0.3, 0.4) is 0 Å². The van der Waals surface area contributed by atoms with Gasteiger partial charge in [0.2, 0.25) is 18.2 Å². The number of carbonyl (C=O) groups is 3. The Labute approximate surface area is 463 Å². The van der Waals surface area contributed by atoms with Gasteiger partial charge < -0.3 is 30.7 Å². The second-order valence-electron chi connectivity index (χ2n) is 19.8. The number of fused-ring (bicyclic) bond motifs is 1. The molecule has 5 N–H and O–H groups in total. The van der Waals surface area contributed by atoms with Gasteiger partial charge in [-0.15, -0.1) is 11.3 Å². The Morgan fingerprint density at radius 3 is 2.33 bits per heavy atom. The average Bonchev–Trinajstić information content (AvgIpc) is 4.30. The number of nitrogens with one attached hydrogen (secondary N) is 3. The molecule has 3 atom stereocenters. The highest BCUT2D eigenvalue weighted by molar-refractivity contribution is 7.93. The molecule has 3 amide bonds. The summed E-state index contributed by atoms with van der Waals surface area (Å²) in [5, 5.41) is 15.3. The van der Waals surface area contributed by atoms with Crippen molar-refractivity contribution in [3.05, 3.63) is 113 Å². The van der Waals surface area contributed by atoms with Crippen molar-refractivity contribution in [1.82, 2.24) is 45.1 Å². The van der Waals surface area contributed by atoms with Gasteiger partial charge in [0.25, 0.3) is 10.0 Å². The molecule has 424 valence electrons. The highest BCUT2D eigenvalue weighted by Gasteiger charge is 2.38. The summed E-state index contributed by atoms with van der Waals surface area (Å²) in [5.41, 5.74) is 14.3. The van der Waals surface area contributed by atoms with Crippen LogP contribution < -0.4 is 25.8 Å². The monoisotopic (exact) mass is 1130 g/mol. The smallest absolute Gasteiger partial charge is 0.355 e. The molecule has 23 heteroatoms. The summed E-state index contributed by atoms with van der Waals surface area (Å²) < 4.78 is 81.9. The molecule has 1 saturated heterocycles. The number of nitrogens with zero attached hydrogens (tertiary/aromatic N) is 7. The number of thiazole rings is 1. The van der Waals surface area contributed by atoms with Gasteiger partial charge in [0, 0.05) is 68.4 Å². The number of aromatic nitrogens is 6. The van der Waals surface area contributed by atoms with Crippen LogP contribution in [0, 0.1) is 18.2 Å². The van der Waals surface area contributed by atoms with Crippen LogP contribution in [0.1, 0.15) is 97.1 Å². The molecule has 0 saturated carbocycles. The van der Waals surface area contributed by atoms with Gasteiger partial charge in [-0.1, -0.05) is 77.1 Å². The van der Waals surface area contributed by atoms with E-state index in [0.717, 1.165) is 29.7 Å². The zero-order valence-electron chi connectivity index (χ0n) is 45.9. The van der Waals surface area contributed by atoms with E-state index in [9.17, 15) is 36.0 Å². The highest BCUT2D eigenvalue weighted by Crippen LogP contribution is 2.40. The van der Waals surface area contributed by atoms with E-state index in [1.54, 1.807) is 47.1 Å². The SMILES string of the molecule is CC.CC(Oc1cc(-c2nn(C)c3c(-c4cnn(CCCCOCC(=O)NC(C(=O)N5CCCC5C)C(C)(C)C)c4)cnc(N)c23)ccc1NS(=O)(=O)C(F)F)c1ccc(F)cc1.Cc1ncsc1-c1ccc(CNC=O)cc1. The van der Waals surface area contributed by atoms with Crippen molar-refractivity contribution in [3.8, 4) is 38.6 Å². The zero-order chi connectivity index (χ0) is 57.6. The van der Waals surface area contributed by atoms with Crippen molar-refractivity contribution >= 4 is 62.0 Å². The number of likely N-dealkylation sites (tertiary alicyclic amines) is 1. The third-order valence-electron chi connectivity index (χ3n) is 13.0. The van der Waals surface area contributed by atoms with Crippen LogP contribution in [-0.4, -0.2) is 98.7 Å². The Hall–Kier alpha value is -7.37. The number of amides is 3. The van der Waals surface area contributed by atoms with Crippen LogP contribution in [-0.2, 0) is 49.3 Å². The number of nitrogens with two attached hydrogens (primary N) is 1. The van der Waals surface area contributed by atoms with Crippen LogP contribution in [0.25, 0.3) is 43.7 Å². The maximum atomic E-state index is 13.6. The van der Waals surface area contributed by atoms with Crippen molar-refractivity contribution in [2.75, 3.05) is 30.2 Å². The normalized spacial score (nSPS) is 14.2. The summed E-state index contributed by atoms with van der Waals surface area (Å²) in [5.74, 6) is -4.47.